The van der Waals surface area contributed by atoms with Crippen LogP contribution in [-0.2, 0) is 20.7 Å². The van der Waals surface area contributed by atoms with Crippen LogP contribution in [-0.4, -0.2) is 30.6 Å². The summed E-state index contributed by atoms with van der Waals surface area (Å²) in [6, 6.07) is 16.5. The van der Waals surface area contributed by atoms with E-state index in [2.05, 4.69) is 10.3 Å². The van der Waals surface area contributed by atoms with Gasteiger partial charge in [-0.3, -0.25) is 9.59 Å². The standard InChI is InChI=1S/C20H18N2O4S/c1-25-17-9-7-14(8-10-17)20-22-16(13-27-20)11-19(24)26-12-18(23)21-15-5-3-2-4-6-15/h2-10,13H,11-12H2,1H3,(H,21,23). The number of esters is 1. The maximum atomic E-state index is 11.9. The van der Waals surface area contributed by atoms with Gasteiger partial charge in [0, 0.05) is 16.6 Å². The van der Waals surface area contributed by atoms with Crippen LogP contribution in [0.2, 0.25) is 0 Å². The summed E-state index contributed by atoms with van der Waals surface area (Å²) in [5.41, 5.74) is 2.21. The van der Waals surface area contributed by atoms with Gasteiger partial charge in [0.2, 0.25) is 0 Å². The second kappa shape index (κ2) is 8.95. The summed E-state index contributed by atoms with van der Waals surface area (Å²) >= 11 is 1.45. The molecule has 0 aliphatic heterocycles. The van der Waals surface area contributed by atoms with Gasteiger partial charge in [0.15, 0.2) is 6.61 Å². The van der Waals surface area contributed by atoms with Gasteiger partial charge in [-0.25, -0.2) is 4.98 Å². The Morgan fingerprint density at radius 2 is 1.81 bits per heavy atom. The lowest BCUT2D eigenvalue weighted by Crippen LogP contribution is -2.21. The van der Waals surface area contributed by atoms with Crippen molar-refractivity contribution < 1.29 is 19.1 Å². The molecule has 0 unspecified atom stereocenters. The summed E-state index contributed by atoms with van der Waals surface area (Å²) in [5.74, 6) is -0.107. The molecule has 27 heavy (non-hydrogen) atoms. The number of aromatic nitrogens is 1. The maximum absolute atomic E-state index is 11.9. The Morgan fingerprint density at radius 1 is 1.07 bits per heavy atom. The number of methoxy groups -OCH3 is 1. The molecule has 138 valence electrons. The van der Waals surface area contributed by atoms with Crippen LogP contribution in [0.25, 0.3) is 10.6 Å². The molecule has 0 saturated heterocycles. The summed E-state index contributed by atoms with van der Waals surface area (Å²) in [4.78, 5) is 28.2. The molecule has 0 saturated carbocycles. The van der Waals surface area contributed by atoms with Gasteiger partial charge in [-0.05, 0) is 36.4 Å². The highest BCUT2D eigenvalue weighted by molar-refractivity contribution is 7.13. The first-order valence-electron chi connectivity index (χ1n) is 8.23. The first-order chi connectivity index (χ1) is 13.1. The van der Waals surface area contributed by atoms with Crippen LogP contribution in [0.5, 0.6) is 5.75 Å². The lowest BCUT2D eigenvalue weighted by molar-refractivity contribution is -0.146. The number of hydrogen-bond acceptors (Lipinski definition) is 6. The average Bonchev–Trinajstić information content (AvgIpc) is 3.15. The Morgan fingerprint density at radius 3 is 2.52 bits per heavy atom. The molecule has 0 atom stereocenters. The van der Waals surface area contributed by atoms with Crippen molar-refractivity contribution in [2.45, 2.75) is 6.42 Å². The molecule has 0 aliphatic carbocycles. The molecular formula is C20H18N2O4S. The third kappa shape index (κ3) is 5.39. The van der Waals surface area contributed by atoms with Gasteiger partial charge in [0.25, 0.3) is 5.91 Å². The number of nitrogens with zero attached hydrogens (tertiary/aromatic N) is 1. The van der Waals surface area contributed by atoms with Crippen molar-refractivity contribution in [2.24, 2.45) is 0 Å². The number of carbonyl (C=O) groups excluding carboxylic acids is 2. The van der Waals surface area contributed by atoms with Crippen LogP contribution < -0.4 is 10.1 Å². The number of benzene rings is 2. The molecular weight excluding hydrogens is 364 g/mol. The Hall–Kier alpha value is -3.19. The smallest absolute Gasteiger partial charge is 0.312 e. The molecule has 0 radical (unpaired) electrons. The maximum Gasteiger partial charge on any atom is 0.312 e. The number of hydrogen-bond donors (Lipinski definition) is 1. The van der Waals surface area contributed by atoms with Crippen molar-refractivity contribution in [3.05, 3.63) is 65.7 Å². The van der Waals surface area contributed by atoms with Crippen molar-refractivity contribution in [2.75, 3.05) is 19.0 Å². The van der Waals surface area contributed by atoms with Gasteiger partial charge in [-0.15, -0.1) is 11.3 Å². The lowest BCUT2D eigenvalue weighted by atomic mass is 10.2. The van der Waals surface area contributed by atoms with Gasteiger partial charge in [0.05, 0.1) is 19.2 Å². The SMILES string of the molecule is COc1ccc(-c2nc(CC(=O)OCC(=O)Nc3ccccc3)cs2)cc1. The van der Waals surface area contributed by atoms with E-state index in [0.29, 0.717) is 11.4 Å². The Kier molecular flexibility index (Phi) is 6.17. The Bertz CT molecular complexity index is 907. The van der Waals surface area contributed by atoms with Crippen molar-refractivity contribution in [1.29, 1.82) is 0 Å². The van der Waals surface area contributed by atoms with Crippen molar-refractivity contribution in [1.82, 2.24) is 4.98 Å². The van der Waals surface area contributed by atoms with Gasteiger partial charge >= 0.3 is 5.97 Å². The third-order valence-corrected chi connectivity index (χ3v) is 4.58. The van der Waals surface area contributed by atoms with E-state index in [1.54, 1.807) is 19.2 Å². The fourth-order valence-corrected chi connectivity index (χ4v) is 3.14. The zero-order valence-electron chi connectivity index (χ0n) is 14.7. The molecule has 2 aromatic carbocycles. The van der Waals surface area contributed by atoms with Crippen molar-refractivity contribution >= 4 is 28.9 Å². The van der Waals surface area contributed by atoms with Crippen LogP contribution >= 0.6 is 11.3 Å². The predicted molar refractivity (Wildman–Crippen MR) is 104 cm³/mol. The van der Waals surface area contributed by atoms with Crippen LogP contribution in [0.3, 0.4) is 0 Å². The molecule has 0 aliphatic rings. The van der Waals surface area contributed by atoms with E-state index in [1.165, 1.54) is 11.3 Å². The molecule has 6 nitrogen and oxygen atoms in total. The van der Waals surface area contributed by atoms with E-state index in [-0.39, 0.29) is 18.9 Å². The fourth-order valence-electron chi connectivity index (χ4n) is 2.32. The van der Waals surface area contributed by atoms with E-state index in [4.69, 9.17) is 9.47 Å². The number of thiazole rings is 1. The topological polar surface area (TPSA) is 77.5 Å². The van der Waals surface area contributed by atoms with E-state index < -0.39 is 5.97 Å². The minimum absolute atomic E-state index is 0.0191. The third-order valence-electron chi connectivity index (χ3n) is 3.64. The number of carbonyl (C=O) groups is 2. The zero-order chi connectivity index (χ0) is 19.1. The quantitative estimate of drug-likeness (QED) is 0.633. The minimum Gasteiger partial charge on any atom is -0.497 e. The van der Waals surface area contributed by atoms with E-state index >= 15 is 0 Å². The molecule has 1 aromatic heterocycles. The van der Waals surface area contributed by atoms with Crippen LogP contribution in [0, 0.1) is 0 Å². The Balaban J connectivity index is 1.49. The van der Waals surface area contributed by atoms with Crippen LogP contribution in [0.4, 0.5) is 5.69 Å². The second-order valence-corrected chi connectivity index (χ2v) is 6.48. The van der Waals surface area contributed by atoms with E-state index in [1.807, 2.05) is 47.8 Å². The number of rotatable bonds is 7. The summed E-state index contributed by atoms with van der Waals surface area (Å²) < 4.78 is 10.2. The monoisotopic (exact) mass is 382 g/mol. The van der Waals surface area contributed by atoms with E-state index in [0.717, 1.165) is 16.3 Å². The number of ether oxygens (including phenoxy) is 2. The molecule has 1 N–H and O–H groups in total. The number of anilines is 1. The highest BCUT2D eigenvalue weighted by atomic mass is 32.1. The first kappa shape index (κ1) is 18.6. The van der Waals surface area contributed by atoms with Crippen molar-refractivity contribution in [3.63, 3.8) is 0 Å². The number of nitrogens with one attached hydrogen (secondary N) is 1. The molecule has 7 heteroatoms. The first-order valence-corrected chi connectivity index (χ1v) is 9.11. The van der Waals surface area contributed by atoms with Gasteiger partial charge in [0.1, 0.15) is 10.8 Å². The molecule has 1 amide bonds. The van der Waals surface area contributed by atoms with Gasteiger partial charge < -0.3 is 14.8 Å². The molecule has 1 heterocycles. The summed E-state index contributed by atoms with van der Waals surface area (Å²) in [6.45, 7) is -0.330. The normalized spacial score (nSPS) is 10.3. The fraction of sp³-hybridized carbons (Fsp3) is 0.150. The Labute approximate surface area is 160 Å². The zero-order valence-corrected chi connectivity index (χ0v) is 15.5. The summed E-state index contributed by atoms with van der Waals surface area (Å²) in [5, 5.41) is 5.27. The number of amides is 1. The molecule has 0 bridgehead atoms. The molecule has 0 fully saturated rings. The molecule has 3 aromatic rings. The van der Waals surface area contributed by atoms with Crippen LogP contribution in [0.15, 0.2) is 60.0 Å². The molecule has 3 rings (SSSR count). The number of para-hydroxylation sites is 1. The minimum atomic E-state index is -0.496. The predicted octanol–water partition coefficient (Wildman–Crippen LogP) is 3.54. The highest BCUT2D eigenvalue weighted by Crippen LogP contribution is 2.25. The van der Waals surface area contributed by atoms with E-state index in [9.17, 15) is 9.59 Å². The van der Waals surface area contributed by atoms with Gasteiger partial charge in [-0.2, -0.15) is 0 Å². The largest absolute Gasteiger partial charge is 0.497 e. The average molecular weight is 382 g/mol. The second-order valence-electron chi connectivity index (χ2n) is 5.62. The van der Waals surface area contributed by atoms with Crippen LogP contribution in [0.1, 0.15) is 5.69 Å². The lowest BCUT2D eigenvalue weighted by Gasteiger charge is -2.05. The highest BCUT2D eigenvalue weighted by Gasteiger charge is 2.12. The van der Waals surface area contributed by atoms with Gasteiger partial charge in [-0.1, -0.05) is 18.2 Å². The molecule has 0 spiro atoms. The summed E-state index contributed by atoms with van der Waals surface area (Å²) in [7, 11) is 1.61. The summed E-state index contributed by atoms with van der Waals surface area (Å²) in [6.07, 6.45) is 0.0191. The van der Waals surface area contributed by atoms with Crippen molar-refractivity contribution in [3.8, 4) is 16.3 Å².